The lowest BCUT2D eigenvalue weighted by Crippen LogP contribution is -2.21. The molecular weight excluding hydrogens is 282 g/mol. The molecule has 0 aliphatic heterocycles. The van der Waals surface area contributed by atoms with Crippen LogP contribution in [-0.2, 0) is 10.0 Å². The maximum absolute atomic E-state index is 11.6. The Morgan fingerprint density at radius 2 is 1.90 bits per heavy atom. The highest BCUT2D eigenvalue weighted by atomic mass is 32.2. The van der Waals surface area contributed by atoms with Gasteiger partial charge in [0.25, 0.3) is 0 Å². The van der Waals surface area contributed by atoms with Crippen LogP contribution in [0, 0.1) is 12.3 Å². The Morgan fingerprint density at radius 3 is 2.30 bits per heavy atom. The molecule has 0 unspecified atom stereocenters. The summed E-state index contributed by atoms with van der Waals surface area (Å²) in [6.07, 6.45) is 0. The van der Waals surface area contributed by atoms with Crippen molar-refractivity contribution < 1.29 is 23.1 Å². The number of carboxylic acid groups (broad SMARTS) is 1. The van der Waals surface area contributed by atoms with Crippen molar-refractivity contribution in [1.29, 1.82) is 0 Å². The van der Waals surface area contributed by atoms with Gasteiger partial charge in [-0.3, -0.25) is 0 Å². The lowest BCUT2D eigenvalue weighted by molar-refractivity contribution is 0.0688. The molecule has 0 saturated heterocycles. The van der Waals surface area contributed by atoms with E-state index in [-0.39, 0.29) is 28.2 Å². The largest absolute Gasteiger partial charge is 0.491 e. The predicted octanol–water partition coefficient (Wildman–Crippen LogP) is 1.77. The van der Waals surface area contributed by atoms with E-state index < -0.39 is 16.0 Å². The summed E-state index contributed by atoms with van der Waals surface area (Å²) in [6.45, 7) is 7.42. The average Bonchev–Trinajstić information content (AvgIpc) is 2.23. The first-order valence-corrected chi connectivity index (χ1v) is 7.50. The number of aryl methyl sites for hydroxylation is 1. The van der Waals surface area contributed by atoms with Gasteiger partial charge in [-0.1, -0.05) is 20.8 Å². The normalized spacial score (nSPS) is 12.2. The van der Waals surface area contributed by atoms with Gasteiger partial charge in [-0.2, -0.15) is 0 Å². The Bertz CT molecular complexity index is 629. The third kappa shape index (κ3) is 4.21. The van der Waals surface area contributed by atoms with Crippen LogP contribution in [0.1, 0.15) is 36.7 Å². The fraction of sp³-hybridized carbons (Fsp3) is 0.462. The van der Waals surface area contributed by atoms with E-state index in [1.165, 1.54) is 12.1 Å². The van der Waals surface area contributed by atoms with Gasteiger partial charge in [0, 0.05) is 0 Å². The number of hydrogen-bond donors (Lipinski definition) is 2. The molecular formula is C13H19NO5S. The SMILES string of the molecule is Cc1cc(C(=O)O)c(OCC(C)(C)C)c(S(N)(=O)=O)c1. The minimum absolute atomic E-state index is 0.166. The molecule has 1 rings (SSSR count). The van der Waals surface area contributed by atoms with Crippen molar-refractivity contribution in [3.63, 3.8) is 0 Å². The lowest BCUT2D eigenvalue weighted by Gasteiger charge is -2.21. The molecule has 112 valence electrons. The Kier molecular flexibility index (Phi) is 4.45. The van der Waals surface area contributed by atoms with E-state index in [1.54, 1.807) is 6.92 Å². The standard InChI is InChI=1S/C13H19NO5S/c1-8-5-9(12(15)16)11(19-7-13(2,3)4)10(6-8)20(14,17)18/h5-6H,7H2,1-4H3,(H,15,16)(H2,14,17,18). The molecule has 0 atom stereocenters. The fourth-order valence-electron chi connectivity index (χ4n) is 1.55. The molecule has 0 bridgehead atoms. The topological polar surface area (TPSA) is 107 Å². The highest BCUT2D eigenvalue weighted by molar-refractivity contribution is 7.89. The first kappa shape index (κ1) is 16.5. The van der Waals surface area contributed by atoms with E-state index in [4.69, 9.17) is 9.88 Å². The fourth-order valence-corrected chi connectivity index (χ4v) is 2.33. The second-order valence-corrected chi connectivity index (χ2v) is 7.37. The number of hydrogen-bond acceptors (Lipinski definition) is 4. The second kappa shape index (κ2) is 5.41. The van der Waals surface area contributed by atoms with Crippen molar-refractivity contribution in [3.05, 3.63) is 23.3 Å². The summed E-state index contributed by atoms with van der Waals surface area (Å²) in [5.41, 5.74) is 0.0174. The molecule has 3 N–H and O–H groups in total. The van der Waals surface area contributed by atoms with Crippen LogP contribution < -0.4 is 9.88 Å². The van der Waals surface area contributed by atoms with Crippen molar-refractivity contribution in [3.8, 4) is 5.75 Å². The van der Waals surface area contributed by atoms with Crippen LogP contribution in [0.4, 0.5) is 0 Å². The summed E-state index contributed by atoms with van der Waals surface area (Å²) >= 11 is 0. The van der Waals surface area contributed by atoms with E-state index in [0.717, 1.165) is 0 Å². The van der Waals surface area contributed by atoms with Gasteiger partial charge in [0.05, 0.1) is 6.61 Å². The van der Waals surface area contributed by atoms with Gasteiger partial charge >= 0.3 is 5.97 Å². The number of ether oxygens (including phenoxy) is 1. The zero-order valence-electron chi connectivity index (χ0n) is 11.9. The van der Waals surface area contributed by atoms with Crippen molar-refractivity contribution >= 4 is 16.0 Å². The van der Waals surface area contributed by atoms with E-state index in [2.05, 4.69) is 0 Å². The molecule has 20 heavy (non-hydrogen) atoms. The molecule has 0 spiro atoms. The van der Waals surface area contributed by atoms with Crippen LogP contribution in [-0.4, -0.2) is 26.1 Å². The monoisotopic (exact) mass is 301 g/mol. The van der Waals surface area contributed by atoms with E-state index in [9.17, 15) is 18.3 Å². The van der Waals surface area contributed by atoms with Crippen LogP contribution in [0.3, 0.4) is 0 Å². The van der Waals surface area contributed by atoms with Crippen LogP contribution in [0.15, 0.2) is 17.0 Å². The smallest absolute Gasteiger partial charge is 0.339 e. The summed E-state index contributed by atoms with van der Waals surface area (Å²) in [5.74, 6) is -1.47. The summed E-state index contributed by atoms with van der Waals surface area (Å²) in [7, 11) is -4.07. The van der Waals surface area contributed by atoms with E-state index >= 15 is 0 Å². The van der Waals surface area contributed by atoms with Crippen LogP contribution >= 0.6 is 0 Å². The highest BCUT2D eigenvalue weighted by Crippen LogP contribution is 2.30. The second-order valence-electron chi connectivity index (χ2n) is 5.84. The molecule has 0 heterocycles. The molecule has 0 amide bonds. The number of aromatic carboxylic acids is 1. The van der Waals surface area contributed by atoms with E-state index in [0.29, 0.717) is 5.56 Å². The average molecular weight is 301 g/mol. The molecule has 0 fully saturated rings. The molecule has 0 aliphatic carbocycles. The van der Waals surface area contributed by atoms with Crippen LogP contribution in [0.5, 0.6) is 5.75 Å². The Morgan fingerprint density at radius 1 is 1.35 bits per heavy atom. The van der Waals surface area contributed by atoms with Crippen LogP contribution in [0.25, 0.3) is 0 Å². The minimum atomic E-state index is -4.07. The molecule has 6 nitrogen and oxygen atoms in total. The molecule has 1 aromatic rings. The van der Waals surface area contributed by atoms with Crippen molar-refractivity contribution in [1.82, 2.24) is 0 Å². The summed E-state index contributed by atoms with van der Waals surface area (Å²) in [6, 6.07) is 2.66. The molecule has 0 aliphatic rings. The third-order valence-corrected chi connectivity index (χ3v) is 3.30. The summed E-state index contributed by atoms with van der Waals surface area (Å²) in [4.78, 5) is 11.0. The Balaban J connectivity index is 3.47. The van der Waals surface area contributed by atoms with Crippen LogP contribution in [0.2, 0.25) is 0 Å². The molecule has 0 saturated carbocycles. The van der Waals surface area contributed by atoms with Gasteiger partial charge in [0.1, 0.15) is 10.5 Å². The molecule has 0 radical (unpaired) electrons. The number of rotatable bonds is 4. The number of carbonyl (C=O) groups is 1. The Hall–Kier alpha value is -1.60. The summed E-state index contributed by atoms with van der Waals surface area (Å²) in [5, 5.41) is 14.3. The zero-order valence-corrected chi connectivity index (χ0v) is 12.7. The van der Waals surface area contributed by atoms with Gasteiger partial charge in [-0.05, 0) is 30.0 Å². The van der Waals surface area contributed by atoms with Gasteiger partial charge in [0.15, 0.2) is 5.75 Å². The highest BCUT2D eigenvalue weighted by Gasteiger charge is 2.24. The number of nitrogens with two attached hydrogens (primary N) is 1. The molecule has 7 heteroatoms. The quantitative estimate of drug-likeness (QED) is 0.881. The number of carboxylic acids is 1. The van der Waals surface area contributed by atoms with Gasteiger partial charge < -0.3 is 9.84 Å². The number of sulfonamides is 1. The van der Waals surface area contributed by atoms with Gasteiger partial charge in [-0.25, -0.2) is 18.4 Å². The Labute approximate surface area is 118 Å². The first-order chi connectivity index (χ1) is 8.92. The predicted molar refractivity (Wildman–Crippen MR) is 74.5 cm³/mol. The molecule has 0 aromatic heterocycles. The third-order valence-electron chi connectivity index (χ3n) is 2.39. The van der Waals surface area contributed by atoms with Crippen molar-refractivity contribution in [2.75, 3.05) is 6.61 Å². The summed E-state index contributed by atoms with van der Waals surface area (Å²) < 4.78 is 28.7. The number of benzene rings is 1. The van der Waals surface area contributed by atoms with Gasteiger partial charge in [0.2, 0.25) is 10.0 Å². The maximum atomic E-state index is 11.6. The van der Waals surface area contributed by atoms with E-state index in [1.807, 2.05) is 20.8 Å². The molecule has 1 aromatic carbocycles. The lowest BCUT2D eigenvalue weighted by atomic mass is 9.98. The first-order valence-electron chi connectivity index (χ1n) is 5.95. The van der Waals surface area contributed by atoms with Crippen molar-refractivity contribution in [2.45, 2.75) is 32.6 Å². The van der Waals surface area contributed by atoms with Crippen molar-refractivity contribution in [2.24, 2.45) is 10.6 Å². The number of primary sulfonamides is 1. The van der Waals surface area contributed by atoms with Gasteiger partial charge in [-0.15, -0.1) is 0 Å². The minimum Gasteiger partial charge on any atom is -0.491 e. The zero-order chi connectivity index (χ0) is 15.7. The maximum Gasteiger partial charge on any atom is 0.339 e.